The third-order valence-electron chi connectivity index (χ3n) is 3.25. The number of thioether (sulfide) groups is 1. The molecule has 1 aromatic carbocycles. The molecular formula is C13H18FNOS. The second kappa shape index (κ2) is 4.86. The fraction of sp³-hybridized carbons (Fsp3) is 0.538. The van der Waals surface area contributed by atoms with Crippen LogP contribution in [-0.2, 0) is 5.75 Å². The van der Waals surface area contributed by atoms with Crippen molar-refractivity contribution in [2.75, 3.05) is 7.11 Å². The maximum absolute atomic E-state index is 14.1. The largest absolute Gasteiger partial charge is 0.494 e. The maximum atomic E-state index is 14.1. The Morgan fingerprint density at radius 3 is 2.76 bits per heavy atom. The lowest BCUT2D eigenvalue weighted by Gasteiger charge is -2.33. The van der Waals surface area contributed by atoms with E-state index < -0.39 is 0 Å². The number of nitrogens with two attached hydrogens (primary N) is 1. The Morgan fingerprint density at radius 1 is 1.47 bits per heavy atom. The molecule has 2 nitrogen and oxygen atoms in total. The Morgan fingerprint density at radius 2 is 2.18 bits per heavy atom. The molecule has 0 saturated heterocycles. The minimum absolute atomic E-state index is 0.0934. The first kappa shape index (κ1) is 12.7. The van der Waals surface area contributed by atoms with Gasteiger partial charge in [0.1, 0.15) is 0 Å². The standard InChI is InChI=1S/C13H18FNOS/c1-7(2)13-12(15)8-4-5-10(16-3)11(14)9(8)6-17-13/h4-5,7,12-13H,6,15H2,1-3H3. The molecule has 1 heterocycles. The van der Waals surface area contributed by atoms with E-state index in [0.29, 0.717) is 28.2 Å². The van der Waals surface area contributed by atoms with Gasteiger partial charge in [0.25, 0.3) is 0 Å². The van der Waals surface area contributed by atoms with E-state index in [1.807, 2.05) is 6.07 Å². The summed E-state index contributed by atoms with van der Waals surface area (Å²) in [5.41, 5.74) is 7.86. The van der Waals surface area contributed by atoms with Crippen LogP contribution >= 0.6 is 11.8 Å². The van der Waals surface area contributed by atoms with Crippen LogP contribution in [0.3, 0.4) is 0 Å². The third-order valence-corrected chi connectivity index (χ3v) is 4.93. The molecule has 0 radical (unpaired) electrons. The summed E-state index contributed by atoms with van der Waals surface area (Å²) in [6.07, 6.45) is 0. The van der Waals surface area contributed by atoms with Crippen molar-refractivity contribution in [1.82, 2.24) is 0 Å². The van der Waals surface area contributed by atoms with Crippen molar-refractivity contribution in [3.8, 4) is 5.75 Å². The Balaban J connectivity index is 2.42. The summed E-state index contributed by atoms with van der Waals surface area (Å²) >= 11 is 1.73. The van der Waals surface area contributed by atoms with Crippen LogP contribution in [0.25, 0.3) is 0 Å². The van der Waals surface area contributed by atoms with Crippen LogP contribution < -0.4 is 10.5 Å². The molecule has 17 heavy (non-hydrogen) atoms. The number of ether oxygens (including phenoxy) is 1. The van der Waals surface area contributed by atoms with Crippen LogP contribution in [0.1, 0.15) is 31.0 Å². The molecule has 2 unspecified atom stereocenters. The molecule has 0 spiro atoms. The van der Waals surface area contributed by atoms with E-state index in [-0.39, 0.29) is 11.9 Å². The fourth-order valence-corrected chi connectivity index (χ4v) is 3.69. The van der Waals surface area contributed by atoms with E-state index >= 15 is 0 Å². The molecule has 0 saturated carbocycles. The molecule has 2 N–H and O–H groups in total. The van der Waals surface area contributed by atoms with Gasteiger partial charge in [0.05, 0.1) is 7.11 Å². The van der Waals surface area contributed by atoms with Gasteiger partial charge in [-0.05, 0) is 17.5 Å². The number of hydrogen-bond donors (Lipinski definition) is 1. The number of fused-ring (bicyclic) bond motifs is 1. The van der Waals surface area contributed by atoms with Crippen molar-refractivity contribution in [3.05, 3.63) is 29.1 Å². The van der Waals surface area contributed by atoms with Gasteiger partial charge in [-0.15, -0.1) is 0 Å². The number of rotatable bonds is 2. The summed E-state index contributed by atoms with van der Waals surface area (Å²) in [6.45, 7) is 4.31. The SMILES string of the molecule is COc1ccc2c(c1F)CSC(C(C)C)C2N. The molecule has 94 valence electrons. The van der Waals surface area contributed by atoms with Gasteiger partial charge < -0.3 is 10.5 Å². The molecule has 0 aromatic heterocycles. The average molecular weight is 255 g/mol. The summed E-state index contributed by atoms with van der Waals surface area (Å²) in [6, 6.07) is 3.47. The van der Waals surface area contributed by atoms with Gasteiger partial charge >= 0.3 is 0 Å². The van der Waals surface area contributed by atoms with E-state index in [1.165, 1.54) is 7.11 Å². The van der Waals surface area contributed by atoms with Crippen LogP contribution in [0.2, 0.25) is 0 Å². The highest BCUT2D eigenvalue weighted by Gasteiger charge is 2.31. The first-order valence-corrected chi connectivity index (χ1v) is 6.83. The molecule has 0 aliphatic carbocycles. The van der Waals surface area contributed by atoms with Gasteiger partial charge in [0.15, 0.2) is 11.6 Å². The first-order chi connectivity index (χ1) is 8.06. The number of methoxy groups -OCH3 is 1. The number of halogens is 1. The van der Waals surface area contributed by atoms with Crippen LogP contribution in [0.5, 0.6) is 5.75 Å². The lowest BCUT2D eigenvalue weighted by molar-refractivity contribution is 0.383. The van der Waals surface area contributed by atoms with E-state index in [4.69, 9.17) is 10.5 Å². The molecule has 2 rings (SSSR count). The zero-order valence-electron chi connectivity index (χ0n) is 10.4. The van der Waals surface area contributed by atoms with E-state index in [9.17, 15) is 4.39 Å². The van der Waals surface area contributed by atoms with Crippen molar-refractivity contribution < 1.29 is 9.13 Å². The van der Waals surface area contributed by atoms with Crippen LogP contribution in [0, 0.1) is 11.7 Å². The fourth-order valence-electron chi connectivity index (χ4n) is 2.30. The molecule has 1 aromatic rings. The molecule has 1 aliphatic heterocycles. The predicted octanol–water partition coefficient (Wildman–Crippen LogP) is 3.11. The maximum Gasteiger partial charge on any atom is 0.169 e. The molecule has 0 bridgehead atoms. The Labute approximate surface area is 106 Å². The quantitative estimate of drug-likeness (QED) is 0.882. The van der Waals surface area contributed by atoms with Gasteiger partial charge in [0, 0.05) is 22.6 Å². The highest BCUT2D eigenvalue weighted by Crippen LogP contribution is 2.42. The van der Waals surface area contributed by atoms with Crippen molar-refractivity contribution in [2.45, 2.75) is 30.9 Å². The molecule has 0 fully saturated rings. The summed E-state index contributed by atoms with van der Waals surface area (Å²) in [5.74, 6) is 1.22. The summed E-state index contributed by atoms with van der Waals surface area (Å²) < 4.78 is 19.1. The highest BCUT2D eigenvalue weighted by atomic mass is 32.2. The van der Waals surface area contributed by atoms with Gasteiger partial charge in [-0.3, -0.25) is 0 Å². The van der Waals surface area contributed by atoms with Gasteiger partial charge in [-0.2, -0.15) is 11.8 Å². The smallest absolute Gasteiger partial charge is 0.169 e. The number of hydrogen-bond acceptors (Lipinski definition) is 3. The third kappa shape index (κ3) is 2.16. The monoisotopic (exact) mass is 255 g/mol. The normalized spacial score (nSPS) is 23.6. The van der Waals surface area contributed by atoms with Crippen LogP contribution in [0.4, 0.5) is 4.39 Å². The van der Waals surface area contributed by atoms with E-state index in [0.717, 1.165) is 5.56 Å². The minimum atomic E-state index is -0.254. The molecule has 4 heteroatoms. The minimum Gasteiger partial charge on any atom is -0.494 e. The van der Waals surface area contributed by atoms with Crippen molar-refractivity contribution in [2.24, 2.45) is 11.7 Å². The Hall–Kier alpha value is -0.740. The molecule has 0 amide bonds. The van der Waals surface area contributed by atoms with E-state index in [2.05, 4.69) is 13.8 Å². The summed E-state index contributed by atoms with van der Waals surface area (Å²) in [4.78, 5) is 0. The first-order valence-electron chi connectivity index (χ1n) is 5.78. The topological polar surface area (TPSA) is 35.2 Å². The Kier molecular flexibility index (Phi) is 3.64. The van der Waals surface area contributed by atoms with Crippen molar-refractivity contribution >= 4 is 11.8 Å². The van der Waals surface area contributed by atoms with Crippen molar-refractivity contribution in [3.63, 3.8) is 0 Å². The summed E-state index contributed by atoms with van der Waals surface area (Å²) in [5, 5.41) is 0.357. The lowest BCUT2D eigenvalue weighted by atomic mass is 9.93. The molecule has 1 aliphatic rings. The molecular weight excluding hydrogens is 237 g/mol. The van der Waals surface area contributed by atoms with Gasteiger partial charge in [-0.25, -0.2) is 4.39 Å². The lowest BCUT2D eigenvalue weighted by Crippen LogP contribution is -2.32. The number of benzene rings is 1. The summed E-state index contributed by atoms with van der Waals surface area (Å²) in [7, 11) is 1.48. The second-order valence-electron chi connectivity index (χ2n) is 4.70. The zero-order chi connectivity index (χ0) is 12.6. The Bertz CT molecular complexity index is 422. The highest BCUT2D eigenvalue weighted by molar-refractivity contribution is 7.99. The second-order valence-corrected chi connectivity index (χ2v) is 5.86. The zero-order valence-corrected chi connectivity index (χ0v) is 11.2. The van der Waals surface area contributed by atoms with Gasteiger partial charge in [-0.1, -0.05) is 19.9 Å². The predicted molar refractivity (Wildman–Crippen MR) is 69.8 cm³/mol. The average Bonchev–Trinajstić information content (AvgIpc) is 2.30. The van der Waals surface area contributed by atoms with Crippen LogP contribution in [-0.4, -0.2) is 12.4 Å². The van der Waals surface area contributed by atoms with Gasteiger partial charge in [0.2, 0.25) is 0 Å². The van der Waals surface area contributed by atoms with Crippen molar-refractivity contribution in [1.29, 1.82) is 0 Å². The van der Waals surface area contributed by atoms with Crippen LogP contribution in [0.15, 0.2) is 12.1 Å². The molecule has 2 atom stereocenters. The van der Waals surface area contributed by atoms with E-state index in [1.54, 1.807) is 17.8 Å².